The van der Waals surface area contributed by atoms with Crippen molar-refractivity contribution in [1.29, 1.82) is 0 Å². The summed E-state index contributed by atoms with van der Waals surface area (Å²) < 4.78 is 5.86. The van der Waals surface area contributed by atoms with Gasteiger partial charge in [-0.2, -0.15) is 0 Å². The third kappa shape index (κ3) is 2.87. The maximum atomic E-state index is 6.38. The minimum absolute atomic E-state index is 0.140. The fourth-order valence-electron chi connectivity index (χ4n) is 3.06. The summed E-state index contributed by atoms with van der Waals surface area (Å²) in [7, 11) is 0. The van der Waals surface area contributed by atoms with E-state index in [0.717, 1.165) is 11.4 Å². The predicted molar refractivity (Wildman–Crippen MR) is 75.8 cm³/mol. The number of hydrogen-bond donors (Lipinski definition) is 1. The quantitative estimate of drug-likeness (QED) is 0.912. The van der Waals surface area contributed by atoms with Crippen LogP contribution in [0.4, 0.5) is 0 Å². The van der Waals surface area contributed by atoms with Crippen molar-refractivity contribution in [2.24, 2.45) is 17.6 Å². The highest BCUT2D eigenvalue weighted by atomic mass is 35.5. The molecule has 5 unspecified atom stereocenters. The van der Waals surface area contributed by atoms with Crippen LogP contribution in [-0.2, 0) is 11.2 Å². The van der Waals surface area contributed by atoms with Crippen LogP contribution in [0.2, 0.25) is 5.02 Å². The molecule has 2 nitrogen and oxygen atoms in total. The number of rotatable bonds is 3. The molecule has 0 spiro atoms. The van der Waals surface area contributed by atoms with Crippen LogP contribution in [0.1, 0.15) is 26.3 Å². The Hall–Kier alpha value is -0.570. The summed E-state index contributed by atoms with van der Waals surface area (Å²) in [5.41, 5.74) is 7.62. The van der Waals surface area contributed by atoms with Gasteiger partial charge in [0.2, 0.25) is 0 Å². The molecule has 18 heavy (non-hydrogen) atoms. The molecular formula is C15H22ClNO. The van der Waals surface area contributed by atoms with Crippen LogP contribution in [0.5, 0.6) is 0 Å². The van der Waals surface area contributed by atoms with Gasteiger partial charge in [0, 0.05) is 17.0 Å². The third-order valence-corrected chi connectivity index (χ3v) is 4.45. The molecule has 2 N–H and O–H groups in total. The second-order valence-electron chi connectivity index (χ2n) is 5.48. The van der Waals surface area contributed by atoms with E-state index in [-0.39, 0.29) is 12.1 Å². The Bertz CT molecular complexity index is 392. The number of nitrogens with two attached hydrogens (primary N) is 1. The van der Waals surface area contributed by atoms with E-state index in [9.17, 15) is 0 Å². The van der Waals surface area contributed by atoms with E-state index in [4.69, 9.17) is 22.1 Å². The van der Waals surface area contributed by atoms with Gasteiger partial charge in [0.1, 0.15) is 0 Å². The van der Waals surface area contributed by atoms with E-state index in [1.807, 2.05) is 12.1 Å². The van der Waals surface area contributed by atoms with E-state index in [0.29, 0.717) is 17.9 Å². The standard InChI is InChI=1S/C15H22ClNO/c1-9-10(2)18-11(3)15(9)14(17)8-12-4-6-13(16)7-5-12/h4-7,9-11,14-15H,8,17H2,1-3H3. The zero-order valence-corrected chi connectivity index (χ0v) is 12.0. The van der Waals surface area contributed by atoms with E-state index >= 15 is 0 Å². The van der Waals surface area contributed by atoms with Crippen molar-refractivity contribution in [3.05, 3.63) is 34.9 Å². The first-order valence-electron chi connectivity index (χ1n) is 6.64. The SMILES string of the molecule is CC1OC(C)C(C(N)Cc2ccc(Cl)cc2)C1C. The van der Waals surface area contributed by atoms with Crippen molar-refractivity contribution in [2.75, 3.05) is 0 Å². The highest BCUT2D eigenvalue weighted by molar-refractivity contribution is 6.30. The van der Waals surface area contributed by atoms with E-state index in [1.165, 1.54) is 5.56 Å². The first-order chi connectivity index (χ1) is 8.49. The van der Waals surface area contributed by atoms with Crippen molar-refractivity contribution in [3.8, 4) is 0 Å². The Morgan fingerprint density at radius 1 is 1.17 bits per heavy atom. The smallest absolute Gasteiger partial charge is 0.0597 e. The largest absolute Gasteiger partial charge is 0.375 e. The number of halogens is 1. The summed E-state index contributed by atoms with van der Waals surface area (Å²) >= 11 is 5.89. The molecule has 1 heterocycles. The summed E-state index contributed by atoms with van der Waals surface area (Å²) in [5.74, 6) is 0.943. The Kier molecular flexibility index (Phi) is 4.31. The molecule has 2 rings (SSSR count). The monoisotopic (exact) mass is 267 g/mol. The van der Waals surface area contributed by atoms with Crippen LogP contribution in [0.15, 0.2) is 24.3 Å². The first kappa shape index (κ1) is 13.9. The van der Waals surface area contributed by atoms with Crippen LogP contribution < -0.4 is 5.73 Å². The summed E-state index contributed by atoms with van der Waals surface area (Å²) in [4.78, 5) is 0. The fourth-order valence-corrected chi connectivity index (χ4v) is 3.19. The van der Waals surface area contributed by atoms with E-state index < -0.39 is 0 Å². The Morgan fingerprint density at radius 2 is 1.78 bits per heavy atom. The average Bonchev–Trinajstić information content (AvgIpc) is 2.56. The van der Waals surface area contributed by atoms with Gasteiger partial charge in [-0.25, -0.2) is 0 Å². The molecule has 0 aliphatic carbocycles. The molecule has 1 saturated heterocycles. The zero-order valence-electron chi connectivity index (χ0n) is 11.3. The topological polar surface area (TPSA) is 35.2 Å². The highest BCUT2D eigenvalue weighted by Gasteiger charge is 2.40. The molecule has 1 aromatic rings. The molecule has 100 valence electrons. The van der Waals surface area contributed by atoms with Gasteiger partial charge in [0.15, 0.2) is 0 Å². The number of benzene rings is 1. The lowest BCUT2D eigenvalue weighted by molar-refractivity contribution is 0.0490. The lowest BCUT2D eigenvalue weighted by atomic mass is 9.81. The van der Waals surface area contributed by atoms with Gasteiger partial charge in [0.05, 0.1) is 12.2 Å². The Labute approximate surface area is 114 Å². The van der Waals surface area contributed by atoms with Crippen LogP contribution in [-0.4, -0.2) is 18.2 Å². The Morgan fingerprint density at radius 3 is 2.28 bits per heavy atom. The normalized spacial score (nSPS) is 33.6. The van der Waals surface area contributed by atoms with Gasteiger partial charge in [0.25, 0.3) is 0 Å². The van der Waals surface area contributed by atoms with Crippen molar-refractivity contribution in [3.63, 3.8) is 0 Å². The molecule has 1 aliphatic rings. The first-order valence-corrected chi connectivity index (χ1v) is 7.02. The van der Waals surface area contributed by atoms with E-state index in [2.05, 4.69) is 32.9 Å². The maximum Gasteiger partial charge on any atom is 0.0597 e. The third-order valence-electron chi connectivity index (χ3n) is 4.20. The van der Waals surface area contributed by atoms with Gasteiger partial charge >= 0.3 is 0 Å². The Balaban J connectivity index is 2.03. The molecule has 1 aromatic carbocycles. The zero-order chi connectivity index (χ0) is 13.3. The van der Waals surface area contributed by atoms with Crippen molar-refractivity contribution in [2.45, 2.75) is 45.4 Å². The lowest BCUT2D eigenvalue weighted by Gasteiger charge is -2.25. The highest BCUT2D eigenvalue weighted by Crippen LogP contribution is 2.34. The van der Waals surface area contributed by atoms with Crippen molar-refractivity contribution in [1.82, 2.24) is 0 Å². The minimum atomic E-state index is 0.140. The van der Waals surface area contributed by atoms with Gasteiger partial charge in [-0.1, -0.05) is 30.7 Å². The molecule has 3 heteroatoms. The number of ether oxygens (including phenoxy) is 1. The van der Waals surface area contributed by atoms with Crippen molar-refractivity contribution >= 4 is 11.6 Å². The molecule has 0 amide bonds. The number of hydrogen-bond acceptors (Lipinski definition) is 2. The summed E-state index contributed by atoms with van der Waals surface area (Å²) in [6.45, 7) is 6.50. The molecule has 5 atom stereocenters. The molecule has 0 radical (unpaired) electrons. The predicted octanol–water partition coefficient (Wildman–Crippen LogP) is 3.27. The maximum absolute atomic E-state index is 6.38. The minimum Gasteiger partial charge on any atom is -0.375 e. The van der Waals surface area contributed by atoms with Gasteiger partial charge in [-0.15, -0.1) is 0 Å². The van der Waals surface area contributed by atoms with Gasteiger partial charge in [-0.3, -0.25) is 0 Å². The molecule has 0 bridgehead atoms. The second kappa shape index (κ2) is 5.60. The van der Waals surface area contributed by atoms with Crippen molar-refractivity contribution < 1.29 is 4.74 Å². The molecule has 0 aromatic heterocycles. The van der Waals surface area contributed by atoms with Crippen LogP contribution in [0.3, 0.4) is 0 Å². The van der Waals surface area contributed by atoms with Crippen LogP contribution in [0, 0.1) is 11.8 Å². The summed E-state index contributed by atoms with van der Waals surface area (Å²) in [6.07, 6.45) is 1.44. The molecule has 1 aliphatic heterocycles. The second-order valence-corrected chi connectivity index (χ2v) is 5.91. The average molecular weight is 268 g/mol. The van der Waals surface area contributed by atoms with Crippen LogP contribution in [0.25, 0.3) is 0 Å². The van der Waals surface area contributed by atoms with E-state index in [1.54, 1.807) is 0 Å². The lowest BCUT2D eigenvalue weighted by Crippen LogP contribution is -2.39. The molecular weight excluding hydrogens is 246 g/mol. The summed E-state index contributed by atoms with van der Waals surface area (Å²) in [6, 6.07) is 8.09. The molecule has 0 saturated carbocycles. The van der Waals surface area contributed by atoms with Crippen LogP contribution >= 0.6 is 11.6 Å². The summed E-state index contributed by atoms with van der Waals surface area (Å²) in [5, 5.41) is 0.770. The fraction of sp³-hybridized carbons (Fsp3) is 0.600. The molecule has 1 fully saturated rings. The van der Waals surface area contributed by atoms with Gasteiger partial charge < -0.3 is 10.5 Å². The van der Waals surface area contributed by atoms with Gasteiger partial charge in [-0.05, 0) is 43.9 Å².